The second-order valence-electron chi connectivity index (χ2n) is 3.45. The van der Waals surface area contributed by atoms with Crippen molar-refractivity contribution in [2.45, 2.75) is 13.0 Å². The third kappa shape index (κ3) is 3.01. The fraction of sp³-hybridized carbons (Fsp3) is 0.273. The molecule has 0 saturated carbocycles. The Morgan fingerprint density at radius 1 is 1.29 bits per heavy atom. The van der Waals surface area contributed by atoms with Gasteiger partial charge in [0.1, 0.15) is 6.07 Å². The Kier molecular flexibility index (Phi) is 3.65. The molecular formula is C11H12N6. The van der Waals surface area contributed by atoms with Crippen molar-refractivity contribution in [1.29, 1.82) is 5.26 Å². The number of aromatic nitrogens is 4. The molecule has 0 bridgehead atoms. The van der Waals surface area contributed by atoms with Crippen LogP contribution in [0.15, 0.2) is 31.1 Å². The Morgan fingerprint density at radius 3 is 2.94 bits per heavy atom. The highest BCUT2D eigenvalue weighted by atomic mass is 15.0. The minimum Gasteiger partial charge on any atom is -0.368 e. The molecule has 0 aliphatic heterocycles. The predicted octanol–water partition coefficient (Wildman–Crippen LogP) is 1.05. The molecule has 1 N–H and O–H groups in total. The van der Waals surface area contributed by atoms with Crippen LogP contribution in [0.4, 0.5) is 5.82 Å². The number of hydrogen-bond donors (Lipinski definition) is 1. The molecule has 0 aliphatic carbocycles. The van der Waals surface area contributed by atoms with Gasteiger partial charge in [0.2, 0.25) is 0 Å². The minimum atomic E-state index is 0.329. The summed E-state index contributed by atoms with van der Waals surface area (Å²) in [4.78, 5) is 12.0. The number of aryl methyl sites for hydroxylation is 1. The van der Waals surface area contributed by atoms with Gasteiger partial charge in [0.25, 0.3) is 0 Å². The van der Waals surface area contributed by atoms with Gasteiger partial charge in [0.15, 0.2) is 11.5 Å². The number of nitrogens with zero attached hydrogens (tertiary/aromatic N) is 5. The van der Waals surface area contributed by atoms with E-state index in [2.05, 4.69) is 20.3 Å². The van der Waals surface area contributed by atoms with Crippen molar-refractivity contribution in [3.63, 3.8) is 0 Å². The van der Waals surface area contributed by atoms with E-state index in [1.807, 2.05) is 16.8 Å². The maximum absolute atomic E-state index is 8.82. The molecule has 0 unspecified atom stereocenters. The summed E-state index contributed by atoms with van der Waals surface area (Å²) in [6.07, 6.45) is 9.46. The molecule has 6 nitrogen and oxygen atoms in total. The maximum atomic E-state index is 8.82. The summed E-state index contributed by atoms with van der Waals surface area (Å²) in [6.45, 7) is 1.63. The Morgan fingerprint density at radius 2 is 2.18 bits per heavy atom. The summed E-state index contributed by atoms with van der Waals surface area (Å²) < 4.78 is 2.00. The highest BCUT2D eigenvalue weighted by Gasteiger charge is 2.02. The van der Waals surface area contributed by atoms with Crippen molar-refractivity contribution in [2.24, 2.45) is 0 Å². The Bertz CT molecular complexity index is 499. The van der Waals surface area contributed by atoms with E-state index >= 15 is 0 Å². The molecule has 6 heteroatoms. The number of anilines is 1. The maximum Gasteiger partial charge on any atom is 0.182 e. The fourth-order valence-electron chi connectivity index (χ4n) is 1.44. The molecule has 0 saturated heterocycles. The molecule has 2 rings (SSSR count). The second kappa shape index (κ2) is 5.61. The third-order valence-electron chi connectivity index (χ3n) is 2.25. The van der Waals surface area contributed by atoms with Gasteiger partial charge in [-0.2, -0.15) is 5.26 Å². The van der Waals surface area contributed by atoms with Crippen LogP contribution in [-0.2, 0) is 6.54 Å². The smallest absolute Gasteiger partial charge is 0.182 e. The quantitative estimate of drug-likeness (QED) is 0.774. The zero-order valence-corrected chi connectivity index (χ0v) is 9.24. The molecule has 2 aromatic heterocycles. The zero-order chi connectivity index (χ0) is 11.9. The highest BCUT2D eigenvalue weighted by molar-refractivity contribution is 5.46. The van der Waals surface area contributed by atoms with Gasteiger partial charge in [-0.1, -0.05) is 0 Å². The number of imidazole rings is 1. The monoisotopic (exact) mass is 228 g/mol. The molecule has 86 valence electrons. The summed E-state index contributed by atoms with van der Waals surface area (Å²) in [5.41, 5.74) is 0.329. The normalized spacial score (nSPS) is 9.82. The summed E-state index contributed by atoms with van der Waals surface area (Å²) in [7, 11) is 0. The molecule has 0 amide bonds. The number of rotatable bonds is 5. The van der Waals surface area contributed by atoms with Gasteiger partial charge in [-0.3, -0.25) is 0 Å². The summed E-state index contributed by atoms with van der Waals surface area (Å²) in [6, 6.07) is 2.00. The molecule has 0 fully saturated rings. The lowest BCUT2D eigenvalue weighted by Gasteiger charge is -2.06. The van der Waals surface area contributed by atoms with Crippen LogP contribution < -0.4 is 5.32 Å². The Labute approximate surface area is 99.0 Å². The molecule has 17 heavy (non-hydrogen) atoms. The molecule has 0 aliphatic rings. The zero-order valence-electron chi connectivity index (χ0n) is 9.24. The summed E-state index contributed by atoms with van der Waals surface area (Å²) in [5.74, 6) is 0.542. The van der Waals surface area contributed by atoms with Gasteiger partial charge >= 0.3 is 0 Å². The van der Waals surface area contributed by atoms with Gasteiger partial charge in [0, 0.05) is 37.9 Å². The van der Waals surface area contributed by atoms with Crippen LogP contribution in [0.3, 0.4) is 0 Å². The van der Waals surface area contributed by atoms with Gasteiger partial charge in [-0.25, -0.2) is 15.0 Å². The van der Waals surface area contributed by atoms with E-state index in [-0.39, 0.29) is 0 Å². The molecule has 2 aromatic rings. The molecule has 0 atom stereocenters. The highest BCUT2D eigenvalue weighted by Crippen LogP contribution is 2.06. The molecule has 0 aromatic carbocycles. The third-order valence-corrected chi connectivity index (χ3v) is 2.25. The number of nitrogens with one attached hydrogen (secondary N) is 1. The van der Waals surface area contributed by atoms with Crippen LogP contribution in [0.1, 0.15) is 12.1 Å². The minimum absolute atomic E-state index is 0.329. The average molecular weight is 228 g/mol. The molecule has 2 heterocycles. The topological polar surface area (TPSA) is 79.4 Å². The van der Waals surface area contributed by atoms with Crippen molar-refractivity contribution in [3.05, 3.63) is 36.8 Å². The number of nitriles is 1. The van der Waals surface area contributed by atoms with E-state index in [9.17, 15) is 0 Å². The van der Waals surface area contributed by atoms with E-state index in [0.29, 0.717) is 11.5 Å². The fourth-order valence-corrected chi connectivity index (χ4v) is 1.44. The van der Waals surface area contributed by atoms with Crippen molar-refractivity contribution >= 4 is 5.82 Å². The molecule has 0 radical (unpaired) electrons. The van der Waals surface area contributed by atoms with Crippen molar-refractivity contribution in [1.82, 2.24) is 19.5 Å². The van der Waals surface area contributed by atoms with E-state index in [0.717, 1.165) is 19.5 Å². The van der Waals surface area contributed by atoms with Crippen molar-refractivity contribution < 1.29 is 0 Å². The van der Waals surface area contributed by atoms with Crippen molar-refractivity contribution in [2.75, 3.05) is 11.9 Å². The lowest BCUT2D eigenvalue weighted by molar-refractivity contribution is 0.660. The lowest BCUT2D eigenvalue weighted by atomic mass is 10.4. The summed E-state index contributed by atoms with van der Waals surface area (Å²) in [5, 5.41) is 11.9. The first-order valence-electron chi connectivity index (χ1n) is 5.31. The predicted molar refractivity (Wildman–Crippen MR) is 62.1 cm³/mol. The molecular weight excluding hydrogens is 216 g/mol. The second-order valence-corrected chi connectivity index (χ2v) is 3.45. The van der Waals surface area contributed by atoms with Crippen molar-refractivity contribution in [3.8, 4) is 6.07 Å². The first kappa shape index (κ1) is 11.1. The Balaban J connectivity index is 1.80. The van der Waals surface area contributed by atoms with Gasteiger partial charge in [-0.15, -0.1) is 0 Å². The van der Waals surface area contributed by atoms with Crippen LogP contribution in [0, 0.1) is 11.3 Å². The van der Waals surface area contributed by atoms with E-state index in [1.165, 1.54) is 6.20 Å². The van der Waals surface area contributed by atoms with Crippen LogP contribution in [0.2, 0.25) is 0 Å². The van der Waals surface area contributed by atoms with E-state index < -0.39 is 0 Å². The number of hydrogen-bond acceptors (Lipinski definition) is 5. The SMILES string of the molecule is N#Cc1nccnc1NCCCn1ccnc1. The average Bonchev–Trinajstić information content (AvgIpc) is 2.88. The summed E-state index contributed by atoms with van der Waals surface area (Å²) >= 11 is 0. The van der Waals surface area contributed by atoms with E-state index in [1.54, 1.807) is 18.7 Å². The largest absolute Gasteiger partial charge is 0.368 e. The van der Waals surface area contributed by atoms with Crippen LogP contribution >= 0.6 is 0 Å². The van der Waals surface area contributed by atoms with Gasteiger partial charge < -0.3 is 9.88 Å². The van der Waals surface area contributed by atoms with E-state index in [4.69, 9.17) is 5.26 Å². The lowest BCUT2D eigenvalue weighted by Crippen LogP contribution is -2.08. The van der Waals surface area contributed by atoms with Crippen LogP contribution in [0.25, 0.3) is 0 Å². The van der Waals surface area contributed by atoms with Gasteiger partial charge in [-0.05, 0) is 6.42 Å². The van der Waals surface area contributed by atoms with Crippen LogP contribution in [-0.4, -0.2) is 26.1 Å². The van der Waals surface area contributed by atoms with Gasteiger partial charge in [0.05, 0.1) is 6.33 Å². The first-order valence-corrected chi connectivity index (χ1v) is 5.31. The Hall–Kier alpha value is -2.42. The standard InChI is InChI=1S/C11H12N6/c12-8-10-11(16-4-3-14-10)15-2-1-6-17-7-5-13-9-17/h3-5,7,9H,1-2,6H2,(H,15,16). The molecule has 0 spiro atoms. The first-order chi connectivity index (χ1) is 8.40. The van der Waals surface area contributed by atoms with Crippen LogP contribution in [0.5, 0.6) is 0 Å².